The molecule has 0 aliphatic rings. The molecule has 0 aliphatic carbocycles. The Morgan fingerprint density at radius 3 is 2.00 bits per heavy atom. The molecule has 0 aliphatic heterocycles. The zero-order chi connectivity index (χ0) is 20.8. The Hall–Kier alpha value is -2.15. The number of methoxy groups -OCH3 is 3. The van der Waals surface area contributed by atoms with Crippen molar-refractivity contribution in [3.05, 3.63) is 17.7 Å². The molecular weight excluding hydrogens is 356 g/mol. The number of guanidine groups is 1. The minimum atomic E-state index is 0.597. The third-order valence-electron chi connectivity index (χ3n) is 4.43. The minimum absolute atomic E-state index is 0.597. The molecular formula is C21H38N4O3. The molecule has 0 bridgehead atoms. The number of aliphatic imine (C=N–C) groups is 1. The average molecular weight is 395 g/mol. The molecule has 1 aromatic rings. The van der Waals surface area contributed by atoms with Crippen molar-refractivity contribution in [1.82, 2.24) is 15.5 Å². The molecule has 7 heteroatoms. The number of hydrogen-bond acceptors (Lipinski definition) is 5. The van der Waals surface area contributed by atoms with Crippen LogP contribution >= 0.6 is 0 Å². The van der Waals surface area contributed by atoms with E-state index in [4.69, 9.17) is 14.2 Å². The van der Waals surface area contributed by atoms with Gasteiger partial charge in [0.25, 0.3) is 0 Å². The Morgan fingerprint density at radius 2 is 1.54 bits per heavy atom. The maximum absolute atomic E-state index is 5.41. The second kappa shape index (κ2) is 13.9. The van der Waals surface area contributed by atoms with E-state index in [9.17, 15) is 0 Å². The highest BCUT2D eigenvalue weighted by atomic mass is 16.5. The summed E-state index contributed by atoms with van der Waals surface area (Å²) >= 11 is 0. The van der Waals surface area contributed by atoms with E-state index in [0.717, 1.165) is 31.0 Å². The summed E-state index contributed by atoms with van der Waals surface area (Å²) in [7, 11) is 6.63. The van der Waals surface area contributed by atoms with Crippen LogP contribution in [0.5, 0.6) is 17.2 Å². The molecule has 0 atom stereocenters. The average Bonchev–Trinajstić information content (AvgIpc) is 2.72. The van der Waals surface area contributed by atoms with Crippen LogP contribution in [-0.4, -0.2) is 65.4 Å². The van der Waals surface area contributed by atoms with E-state index in [1.165, 1.54) is 25.9 Å². The molecule has 0 aromatic heterocycles. The van der Waals surface area contributed by atoms with Gasteiger partial charge >= 0.3 is 0 Å². The maximum atomic E-state index is 5.41. The van der Waals surface area contributed by atoms with Crippen LogP contribution in [0.15, 0.2) is 17.1 Å². The van der Waals surface area contributed by atoms with Crippen molar-refractivity contribution in [2.75, 3.05) is 54.6 Å². The van der Waals surface area contributed by atoms with Crippen molar-refractivity contribution in [2.45, 2.75) is 39.7 Å². The lowest BCUT2D eigenvalue weighted by molar-refractivity contribution is 0.271. The van der Waals surface area contributed by atoms with E-state index >= 15 is 0 Å². The summed E-state index contributed by atoms with van der Waals surface area (Å²) in [4.78, 5) is 6.83. The van der Waals surface area contributed by atoms with Gasteiger partial charge in [-0.1, -0.05) is 13.8 Å². The second-order valence-corrected chi connectivity index (χ2v) is 6.58. The van der Waals surface area contributed by atoms with E-state index in [0.29, 0.717) is 23.8 Å². The molecule has 2 N–H and O–H groups in total. The van der Waals surface area contributed by atoms with Crippen molar-refractivity contribution in [2.24, 2.45) is 4.99 Å². The van der Waals surface area contributed by atoms with Gasteiger partial charge in [-0.3, -0.25) is 4.99 Å². The highest BCUT2D eigenvalue weighted by molar-refractivity contribution is 5.79. The lowest BCUT2D eigenvalue weighted by atomic mass is 10.2. The van der Waals surface area contributed by atoms with Crippen LogP contribution in [0.4, 0.5) is 0 Å². The number of hydrogen-bond donors (Lipinski definition) is 2. The van der Waals surface area contributed by atoms with Gasteiger partial charge < -0.3 is 29.7 Å². The number of nitrogens with zero attached hydrogens (tertiary/aromatic N) is 2. The SMILES string of the molecule is CCCN(CCC)CCCNC(=NC)NCc1cc(OC)c(OC)c(OC)c1. The fraction of sp³-hybridized carbons (Fsp3) is 0.667. The van der Waals surface area contributed by atoms with Crippen molar-refractivity contribution in [3.8, 4) is 17.2 Å². The van der Waals surface area contributed by atoms with Crippen LogP contribution in [-0.2, 0) is 6.54 Å². The van der Waals surface area contributed by atoms with E-state index in [-0.39, 0.29) is 0 Å². The molecule has 0 amide bonds. The van der Waals surface area contributed by atoms with Gasteiger partial charge in [-0.25, -0.2) is 0 Å². The van der Waals surface area contributed by atoms with Crippen LogP contribution in [0.25, 0.3) is 0 Å². The third-order valence-corrected chi connectivity index (χ3v) is 4.43. The molecule has 160 valence electrons. The third kappa shape index (κ3) is 7.84. The molecule has 1 aromatic carbocycles. The lowest BCUT2D eigenvalue weighted by Gasteiger charge is -2.21. The van der Waals surface area contributed by atoms with Gasteiger partial charge in [0.2, 0.25) is 5.75 Å². The summed E-state index contributed by atoms with van der Waals surface area (Å²) < 4.78 is 16.2. The van der Waals surface area contributed by atoms with Gasteiger partial charge in [-0.15, -0.1) is 0 Å². The predicted molar refractivity (Wildman–Crippen MR) is 116 cm³/mol. The van der Waals surface area contributed by atoms with Gasteiger partial charge in [0.15, 0.2) is 17.5 Å². The van der Waals surface area contributed by atoms with Crippen LogP contribution in [0.3, 0.4) is 0 Å². The summed E-state index contributed by atoms with van der Waals surface area (Å²) in [5.74, 6) is 2.67. The molecule has 0 saturated carbocycles. The zero-order valence-electron chi connectivity index (χ0n) is 18.4. The standard InChI is InChI=1S/C21H38N4O3/c1-7-11-25(12-8-2)13-9-10-23-21(22-3)24-16-17-14-18(26-4)20(28-6)19(15-17)27-5/h14-15H,7-13,16H2,1-6H3,(H2,22,23,24). The topological polar surface area (TPSA) is 67.4 Å². The molecule has 28 heavy (non-hydrogen) atoms. The molecule has 0 fully saturated rings. The zero-order valence-corrected chi connectivity index (χ0v) is 18.4. The Labute approximate surface area is 170 Å². The van der Waals surface area contributed by atoms with Gasteiger partial charge in [-0.05, 0) is 56.6 Å². The lowest BCUT2D eigenvalue weighted by Crippen LogP contribution is -2.38. The van der Waals surface area contributed by atoms with Gasteiger partial charge in [0.05, 0.1) is 21.3 Å². The molecule has 1 rings (SSSR count). The first-order valence-electron chi connectivity index (χ1n) is 10.1. The van der Waals surface area contributed by atoms with Crippen molar-refractivity contribution < 1.29 is 14.2 Å². The highest BCUT2D eigenvalue weighted by Crippen LogP contribution is 2.38. The first kappa shape index (κ1) is 23.9. The number of ether oxygens (including phenoxy) is 3. The normalized spacial score (nSPS) is 11.5. The quantitative estimate of drug-likeness (QED) is 0.305. The van der Waals surface area contributed by atoms with Crippen molar-refractivity contribution in [1.29, 1.82) is 0 Å². The van der Waals surface area contributed by atoms with E-state index in [2.05, 4.69) is 34.4 Å². The molecule has 0 heterocycles. The second-order valence-electron chi connectivity index (χ2n) is 6.58. The smallest absolute Gasteiger partial charge is 0.203 e. The fourth-order valence-corrected chi connectivity index (χ4v) is 3.12. The Kier molecular flexibility index (Phi) is 11.9. The minimum Gasteiger partial charge on any atom is -0.493 e. The van der Waals surface area contributed by atoms with Crippen molar-refractivity contribution >= 4 is 5.96 Å². The summed E-state index contributed by atoms with van der Waals surface area (Å²) in [6.07, 6.45) is 3.49. The van der Waals surface area contributed by atoms with Gasteiger partial charge in [-0.2, -0.15) is 0 Å². The highest BCUT2D eigenvalue weighted by Gasteiger charge is 2.13. The Morgan fingerprint density at radius 1 is 0.929 bits per heavy atom. The summed E-state index contributed by atoms with van der Waals surface area (Å²) in [5.41, 5.74) is 1.02. The fourth-order valence-electron chi connectivity index (χ4n) is 3.12. The Balaban J connectivity index is 2.54. The largest absolute Gasteiger partial charge is 0.493 e. The summed E-state index contributed by atoms with van der Waals surface area (Å²) in [5, 5.41) is 6.72. The number of rotatable bonds is 13. The maximum Gasteiger partial charge on any atom is 0.203 e. The van der Waals surface area contributed by atoms with Gasteiger partial charge in [0.1, 0.15) is 0 Å². The first-order chi connectivity index (χ1) is 13.6. The number of benzene rings is 1. The predicted octanol–water partition coefficient (Wildman–Crippen LogP) is 2.89. The molecule has 7 nitrogen and oxygen atoms in total. The van der Waals surface area contributed by atoms with Crippen LogP contribution in [0.2, 0.25) is 0 Å². The van der Waals surface area contributed by atoms with Crippen LogP contribution < -0.4 is 24.8 Å². The van der Waals surface area contributed by atoms with Crippen molar-refractivity contribution in [3.63, 3.8) is 0 Å². The van der Waals surface area contributed by atoms with E-state index in [1.807, 2.05) is 12.1 Å². The van der Waals surface area contributed by atoms with Crippen LogP contribution in [0.1, 0.15) is 38.7 Å². The summed E-state index contributed by atoms with van der Waals surface area (Å²) in [6, 6.07) is 3.88. The monoisotopic (exact) mass is 394 g/mol. The summed E-state index contributed by atoms with van der Waals surface area (Å²) in [6.45, 7) is 9.40. The van der Waals surface area contributed by atoms with Crippen LogP contribution in [0, 0.1) is 0 Å². The van der Waals surface area contributed by atoms with Gasteiger partial charge in [0, 0.05) is 20.1 Å². The molecule has 0 saturated heterocycles. The van der Waals surface area contributed by atoms with E-state index < -0.39 is 0 Å². The molecule has 0 unspecified atom stereocenters. The first-order valence-corrected chi connectivity index (χ1v) is 10.1. The van der Waals surface area contributed by atoms with E-state index in [1.54, 1.807) is 28.4 Å². The molecule has 0 spiro atoms. The molecule has 0 radical (unpaired) electrons. The number of nitrogens with one attached hydrogen (secondary N) is 2. The Bertz CT molecular complexity index is 562.